The standard InChI is InChI=1S/C37H39ClN8O4S/c1-20-21(2)51-37-32(20)33(23-10-12-24(38)13-11-23)41-28(34-44-43-22(3)46(34)37)18-31(48)40-17-6-4-5-16-39-27-9-7-8-25-26(27)19-45(36(25)50)29-14-15-30(47)42-35(29)49/h7-13,28-29,39H,4-6,14-19H2,1-3H3,(H,40,48)(H,42,47,49). The summed E-state index contributed by atoms with van der Waals surface area (Å²) >= 11 is 7.90. The number of fused-ring (bicyclic) bond motifs is 4. The highest BCUT2D eigenvalue weighted by Gasteiger charge is 2.40. The van der Waals surface area contributed by atoms with E-state index in [2.05, 4.69) is 40.0 Å². The van der Waals surface area contributed by atoms with Crippen LogP contribution in [0.2, 0.25) is 5.02 Å². The highest BCUT2D eigenvalue weighted by molar-refractivity contribution is 7.15. The fraction of sp³-hybridized carbons (Fsp3) is 0.378. The number of carbonyl (C=O) groups is 4. The number of nitrogens with one attached hydrogen (secondary N) is 3. The van der Waals surface area contributed by atoms with Crippen molar-refractivity contribution in [3.05, 3.63) is 91.8 Å². The lowest BCUT2D eigenvalue weighted by Gasteiger charge is -2.29. The van der Waals surface area contributed by atoms with Crippen molar-refractivity contribution in [2.75, 3.05) is 18.4 Å². The van der Waals surface area contributed by atoms with Crippen LogP contribution < -0.4 is 16.0 Å². The molecule has 7 rings (SSSR count). The van der Waals surface area contributed by atoms with Crippen LogP contribution in [-0.4, -0.2) is 68.1 Å². The summed E-state index contributed by atoms with van der Waals surface area (Å²) in [7, 11) is 0. The van der Waals surface area contributed by atoms with Crippen molar-refractivity contribution in [1.82, 2.24) is 30.3 Å². The molecule has 0 spiro atoms. The van der Waals surface area contributed by atoms with E-state index in [1.165, 1.54) is 4.88 Å². The van der Waals surface area contributed by atoms with Gasteiger partial charge in [0.05, 0.1) is 12.1 Å². The van der Waals surface area contributed by atoms with Crippen molar-refractivity contribution in [1.29, 1.82) is 0 Å². The van der Waals surface area contributed by atoms with E-state index in [0.29, 0.717) is 42.5 Å². The first-order valence-corrected chi connectivity index (χ1v) is 18.4. The number of benzene rings is 2. The maximum atomic E-state index is 13.3. The number of imide groups is 1. The third-order valence-electron chi connectivity index (χ3n) is 9.81. The van der Waals surface area contributed by atoms with Gasteiger partial charge in [-0.15, -0.1) is 21.5 Å². The van der Waals surface area contributed by atoms with Crippen LogP contribution in [-0.2, 0) is 20.9 Å². The molecular weight excluding hydrogens is 688 g/mol. The molecule has 0 saturated carbocycles. The Hall–Kier alpha value is -4.88. The van der Waals surface area contributed by atoms with Gasteiger partial charge in [-0.1, -0.05) is 29.8 Å². The van der Waals surface area contributed by atoms with Crippen LogP contribution in [0.4, 0.5) is 5.69 Å². The van der Waals surface area contributed by atoms with E-state index in [4.69, 9.17) is 16.6 Å². The summed E-state index contributed by atoms with van der Waals surface area (Å²) in [6.45, 7) is 7.67. The number of anilines is 1. The predicted octanol–water partition coefficient (Wildman–Crippen LogP) is 5.35. The van der Waals surface area contributed by atoms with Crippen molar-refractivity contribution in [3.8, 4) is 5.00 Å². The quantitative estimate of drug-likeness (QED) is 0.139. The predicted molar refractivity (Wildman–Crippen MR) is 196 cm³/mol. The highest BCUT2D eigenvalue weighted by atomic mass is 35.5. The van der Waals surface area contributed by atoms with Gasteiger partial charge in [0.25, 0.3) is 5.91 Å². The number of unbranched alkanes of at least 4 members (excludes halogenated alkanes) is 2. The normalized spacial score (nSPS) is 18.1. The van der Waals surface area contributed by atoms with Gasteiger partial charge in [0.2, 0.25) is 17.7 Å². The molecule has 1 fully saturated rings. The first-order chi connectivity index (χ1) is 24.6. The van der Waals surface area contributed by atoms with Gasteiger partial charge < -0.3 is 15.5 Å². The molecule has 2 unspecified atom stereocenters. The number of amides is 4. The Balaban J connectivity index is 0.937. The molecule has 0 bridgehead atoms. The lowest BCUT2D eigenvalue weighted by molar-refractivity contribution is -0.137. The van der Waals surface area contributed by atoms with Crippen molar-refractivity contribution in [2.45, 2.75) is 77.9 Å². The maximum absolute atomic E-state index is 13.3. The zero-order valence-corrected chi connectivity index (χ0v) is 30.3. The molecule has 3 aliphatic heterocycles. The summed E-state index contributed by atoms with van der Waals surface area (Å²) in [5, 5.41) is 19.4. The van der Waals surface area contributed by atoms with E-state index >= 15 is 0 Å². The van der Waals surface area contributed by atoms with Crippen LogP contribution in [0.25, 0.3) is 5.00 Å². The van der Waals surface area contributed by atoms with Gasteiger partial charge in [0, 0.05) is 63.9 Å². The minimum Gasteiger partial charge on any atom is -0.385 e. The molecule has 14 heteroatoms. The second-order valence-corrected chi connectivity index (χ2v) is 14.8. The first-order valence-electron chi connectivity index (χ1n) is 17.2. The summed E-state index contributed by atoms with van der Waals surface area (Å²) in [6.07, 6.45) is 3.25. The number of thiophene rings is 1. The summed E-state index contributed by atoms with van der Waals surface area (Å²) in [4.78, 5) is 58.4. The second-order valence-electron chi connectivity index (χ2n) is 13.2. The number of aryl methyl sites for hydroxylation is 2. The summed E-state index contributed by atoms with van der Waals surface area (Å²) < 4.78 is 2.04. The minimum absolute atomic E-state index is 0.104. The lowest BCUT2D eigenvalue weighted by Crippen LogP contribution is -2.52. The molecule has 3 aliphatic rings. The van der Waals surface area contributed by atoms with Crippen LogP contribution in [0.15, 0.2) is 47.5 Å². The fourth-order valence-electron chi connectivity index (χ4n) is 7.01. The Morgan fingerprint density at radius 2 is 1.80 bits per heavy atom. The average Bonchev–Trinajstić information content (AvgIpc) is 3.72. The van der Waals surface area contributed by atoms with Crippen molar-refractivity contribution >= 4 is 58.0 Å². The number of carbonyl (C=O) groups excluding carboxylic acids is 4. The summed E-state index contributed by atoms with van der Waals surface area (Å²) in [5.74, 6) is 0.383. The number of rotatable bonds is 11. The van der Waals surface area contributed by atoms with Crippen LogP contribution in [0, 0.1) is 20.8 Å². The molecule has 12 nitrogen and oxygen atoms in total. The van der Waals surface area contributed by atoms with E-state index in [-0.39, 0.29) is 30.6 Å². The zero-order chi connectivity index (χ0) is 35.8. The number of hydrogen-bond acceptors (Lipinski definition) is 9. The smallest absolute Gasteiger partial charge is 0.255 e. The molecule has 3 N–H and O–H groups in total. The van der Waals surface area contributed by atoms with E-state index in [1.807, 2.05) is 47.9 Å². The van der Waals surface area contributed by atoms with Gasteiger partial charge in [-0.25, -0.2) is 0 Å². The van der Waals surface area contributed by atoms with Crippen LogP contribution >= 0.6 is 22.9 Å². The molecule has 4 amide bonds. The number of nitrogens with zero attached hydrogens (tertiary/aromatic N) is 5. The minimum atomic E-state index is -0.643. The Kier molecular flexibility index (Phi) is 9.75. The van der Waals surface area contributed by atoms with E-state index in [0.717, 1.165) is 63.7 Å². The number of aromatic nitrogens is 3. The molecule has 2 aromatic heterocycles. The Bertz CT molecular complexity index is 2070. The topological polar surface area (TPSA) is 151 Å². The number of hydrogen-bond donors (Lipinski definition) is 3. The third kappa shape index (κ3) is 6.79. The Labute approximate surface area is 304 Å². The van der Waals surface area contributed by atoms with Crippen molar-refractivity contribution in [3.63, 3.8) is 0 Å². The molecule has 0 radical (unpaired) electrons. The fourth-order valence-corrected chi connectivity index (χ4v) is 8.35. The summed E-state index contributed by atoms with van der Waals surface area (Å²) in [5.41, 5.74) is 6.23. The molecule has 264 valence electrons. The van der Waals surface area contributed by atoms with Crippen molar-refractivity contribution < 1.29 is 19.2 Å². The molecule has 2 aromatic carbocycles. The Morgan fingerprint density at radius 1 is 1.02 bits per heavy atom. The van der Waals surface area contributed by atoms with Gasteiger partial charge in [0.1, 0.15) is 22.9 Å². The van der Waals surface area contributed by atoms with Crippen LogP contribution in [0.5, 0.6) is 0 Å². The number of aliphatic imine (C=N–C) groups is 1. The van der Waals surface area contributed by atoms with Crippen LogP contribution in [0.1, 0.15) is 93.7 Å². The van der Waals surface area contributed by atoms with Crippen LogP contribution in [0.3, 0.4) is 0 Å². The zero-order valence-electron chi connectivity index (χ0n) is 28.7. The van der Waals surface area contributed by atoms with Gasteiger partial charge >= 0.3 is 0 Å². The number of piperidine rings is 1. The average molecular weight is 727 g/mol. The van der Waals surface area contributed by atoms with Gasteiger partial charge in [0.15, 0.2) is 5.82 Å². The first kappa shape index (κ1) is 34.6. The third-order valence-corrected chi connectivity index (χ3v) is 11.3. The second kappa shape index (κ2) is 14.4. The SMILES string of the molecule is Cc1sc2c(c1C)C(c1ccc(Cl)cc1)=NC(CC(=O)NCCCCCNc1cccc3c1CN(C1CCC(=O)NC1=O)C3=O)c1nnc(C)n1-2. The molecule has 51 heavy (non-hydrogen) atoms. The summed E-state index contributed by atoms with van der Waals surface area (Å²) in [6, 6.07) is 12.0. The maximum Gasteiger partial charge on any atom is 0.255 e. The lowest BCUT2D eigenvalue weighted by atomic mass is 9.99. The molecule has 4 aromatic rings. The van der Waals surface area contributed by atoms with Gasteiger partial charge in [-0.05, 0) is 76.3 Å². The monoisotopic (exact) mass is 726 g/mol. The molecule has 2 atom stereocenters. The molecule has 0 aliphatic carbocycles. The number of halogens is 1. The Morgan fingerprint density at radius 3 is 2.59 bits per heavy atom. The largest absolute Gasteiger partial charge is 0.385 e. The van der Waals surface area contributed by atoms with Gasteiger partial charge in [-0.2, -0.15) is 0 Å². The van der Waals surface area contributed by atoms with Crippen molar-refractivity contribution in [2.24, 2.45) is 4.99 Å². The van der Waals surface area contributed by atoms with E-state index < -0.39 is 18.0 Å². The van der Waals surface area contributed by atoms with E-state index in [1.54, 1.807) is 22.3 Å². The molecule has 1 saturated heterocycles. The van der Waals surface area contributed by atoms with E-state index in [9.17, 15) is 19.2 Å². The molecule has 5 heterocycles. The highest BCUT2D eigenvalue weighted by Crippen LogP contribution is 2.39. The van der Waals surface area contributed by atoms with Gasteiger partial charge in [-0.3, -0.25) is 34.1 Å². The molecular formula is C37H39ClN8O4S.